The number of amides is 1. The van der Waals surface area contributed by atoms with Gasteiger partial charge in [0.05, 0.1) is 16.5 Å². The molecule has 1 aromatic carbocycles. The number of piperidine rings is 1. The summed E-state index contributed by atoms with van der Waals surface area (Å²) in [4.78, 5) is 35.9. The minimum atomic E-state index is -0.604. The molecule has 1 amide bonds. The minimum Gasteiger partial charge on any atom is -0.312 e. The molecule has 0 aromatic heterocycles. The van der Waals surface area contributed by atoms with Gasteiger partial charge in [0.15, 0.2) is 0 Å². The summed E-state index contributed by atoms with van der Waals surface area (Å²) in [5, 5.41) is 10.8. The van der Waals surface area contributed by atoms with Crippen molar-refractivity contribution >= 4 is 23.1 Å². The van der Waals surface area contributed by atoms with Gasteiger partial charge in [-0.25, -0.2) is 0 Å². The first kappa shape index (κ1) is 14.2. The second-order valence-corrected chi connectivity index (χ2v) is 4.78. The molecule has 1 aliphatic heterocycles. The second kappa shape index (κ2) is 5.81. The number of ketones is 1. The molecular weight excluding hydrogens is 260 g/mol. The lowest BCUT2D eigenvalue weighted by molar-refractivity contribution is -0.384. The zero-order valence-electron chi connectivity index (χ0n) is 11.2. The molecule has 1 saturated heterocycles. The molecule has 0 N–H and O–H groups in total. The SMILES string of the molecule is CCC(=O)C1CCCN(c2cccc([N+](=O)[O-])c2)C1=O. The van der Waals surface area contributed by atoms with Gasteiger partial charge in [-0.3, -0.25) is 19.7 Å². The third kappa shape index (κ3) is 2.68. The van der Waals surface area contributed by atoms with Crippen molar-refractivity contribution in [2.24, 2.45) is 5.92 Å². The van der Waals surface area contributed by atoms with Gasteiger partial charge in [0.2, 0.25) is 5.91 Å². The highest BCUT2D eigenvalue weighted by molar-refractivity contribution is 6.09. The molecule has 0 spiro atoms. The maximum Gasteiger partial charge on any atom is 0.271 e. The van der Waals surface area contributed by atoms with E-state index in [1.165, 1.54) is 17.0 Å². The Morgan fingerprint density at radius 2 is 2.25 bits per heavy atom. The summed E-state index contributed by atoms with van der Waals surface area (Å²) in [6.45, 7) is 2.23. The average Bonchev–Trinajstić information content (AvgIpc) is 2.46. The lowest BCUT2D eigenvalue weighted by Gasteiger charge is -2.31. The van der Waals surface area contributed by atoms with E-state index in [1.54, 1.807) is 19.1 Å². The number of hydrogen-bond donors (Lipinski definition) is 0. The van der Waals surface area contributed by atoms with Crippen molar-refractivity contribution in [3.63, 3.8) is 0 Å². The summed E-state index contributed by atoms with van der Waals surface area (Å²) in [5.74, 6) is -0.915. The molecule has 0 bridgehead atoms. The molecule has 1 fully saturated rings. The Labute approximate surface area is 116 Å². The van der Waals surface area contributed by atoms with Crippen LogP contribution in [0.4, 0.5) is 11.4 Å². The van der Waals surface area contributed by atoms with E-state index in [0.29, 0.717) is 25.1 Å². The summed E-state index contributed by atoms with van der Waals surface area (Å²) < 4.78 is 0. The number of hydrogen-bond acceptors (Lipinski definition) is 4. The minimum absolute atomic E-state index is 0.0563. The summed E-state index contributed by atoms with van der Waals surface area (Å²) in [5.41, 5.74) is 0.428. The zero-order valence-corrected chi connectivity index (χ0v) is 11.2. The molecule has 1 aromatic rings. The van der Waals surface area contributed by atoms with Gasteiger partial charge in [0.25, 0.3) is 5.69 Å². The van der Waals surface area contributed by atoms with E-state index < -0.39 is 10.8 Å². The largest absolute Gasteiger partial charge is 0.312 e. The van der Waals surface area contributed by atoms with Crippen LogP contribution < -0.4 is 4.90 Å². The number of rotatable bonds is 4. The van der Waals surface area contributed by atoms with E-state index in [4.69, 9.17) is 0 Å². The van der Waals surface area contributed by atoms with Crippen LogP contribution in [0.25, 0.3) is 0 Å². The van der Waals surface area contributed by atoms with Crippen molar-refractivity contribution in [2.75, 3.05) is 11.4 Å². The van der Waals surface area contributed by atoms with E-state index in [-0.39, 0.29) is 17.4 Å². The van der Waals surface area contributed by atoms with E-state index in [1.807, 2.05) is 0 Å². The van der Waals surface area contributed by atoms with Crippen molar-refractivity contribution < 1.29 is 14.5 Å². The fourth-order valence-electron chi connectivity index (χ4n) is 2.45. The van der Waals surface area contributed by atoms with Crippen molar-refractivity contribution in [2.45, 2.75) is 26.2 Å². The first-order chi connectivity index (χ1) is 9.54. The van der Waals surface area contributed by atoms with E-state index in [9.17, 15) is 19.7 Å². The number of Topliss-reactive ketones (excluding diaryl/α,β-unsaturated/α-hetero) is 1. The lowest BCUT2D eigenvalue weighted by atomic mass is 9.91. The fourth-order valence-corrected chi connectivity index (χ4v) is 2.45. The molecule has 106 valence electrons. The standard InChI is InChI=1S/C14H16N2O4/c1-2-13(17)12-7-4-8-15(14(12)18)10-5-3-6-11(9-10)16(19)20/h3,5-6,9,12H,2,4,7-8H2,1H3. The van der Waals surface area contributed by atoms with Gasteiger partial charge >= 0.3 is 0 Å². The second-order valence-electron chi connectivity index (χ2n) is 4.78. The Balaban J connectivity index is 2.28. The lowest BCUT2D eigenvalue weighted by Crippen LogP contribution is -2.44. The summed E-state index contributed by atoms with van der Waals surface area (Å²) in [7, 11) is 0. The van der Waals surface area contributed by atoms with Crippen LogP contribution in [-0.2, 0) is 9.59 Å². The first-order valence-corrected chi connectivity index (χ1v) is 6.63. The smallest absolute Gasteiger partial charge is 0.271 e. The summed E-state index contributed by atoms with van der Waals surface area (Å²) in [6, 6.07) is 5.96. The van der Waals surface area contributed by atoms with Crippen molar-refractivity contribution in [3.05, 3.63) is 34.4 Å². The molecule has 0 radical (unpaired) electrons. The molecule has 2 rings (SSSR count). The maximum atomic E-state index is 12.3. The van der Waals surface area contributed by atoms with Crippen molar-refractivity contribution in [3.8, 4) is 0 Å². The number of carbonyl (C=O) groups excluding carboxylic acids is 2. The number of nitrogens with zero attached hydrogens (tertiary/aromatic N) is 2. The van der Waals surface area contributed by atoms with Gasteiger partial charge < -0.3 is 4.90 Å². The molecule has 0 saturated carbocycles. The highest BCUT2D eigenvalue weighted by atomic mass is 16.6. The van der Waals surface area contributed by atoms with Crippen LogP contribution in [0.1, 0.15) is 26.2 Å². The third-order valence-corrected chi connectivity index (χ3v) is 3.53. The van der Waals surface area contributed by atoms with E-state index >= 15 is 0 Å². The monoisotopic (exact) mass is 276 g/mol. The van der Waals surface area contributed by atoms with Crippen molar-refractivity contribution in [1.82, 2.24) is 0 Å². The Kier molecular flexibility index (Phi) is 4.12. The molecule has 1 aliphatic rings. The Morgan fingerprint density at radius 3 is 2.90 bits per heavy atom. The Hall–Kier alpha value is -2.24. The van der Waals surface area contributed by atoms with Crippen LogP contribution in [0.2, 0.25) is 0 Å². The molecular formula is C14H16N2O4. The number of nitro groups is 1. The van der Waals surface area contributed by atoms with Crippen molar-refractivity contribution in [1.29, 1.82) is 0 Å². The fraction of sp³-hybridized carbons (Fsp3) is 0.429. The normalized spacial score (nSPS) is 18.9. The predicted molar refractivity (Wildman–Crippen MR) is 73.5 cm³/mol. The first-order valence-electron chi connectivity index (χ1n) is 6.63. The summed E-state index contributed by atoms with van der Waals surface area (Å²) >= 11 is 0. The Bertz CT molecular complexity index is 556. The number of benzene rings is 1. The van der Waals surface area contributed by atoms with E-state index in [0.717, 1.165) is 6.42 Å². The van der Waals surface area contributed by atoms with Gasteiger partial charge in [0, 0.05) is 25.1 Å². The molecule has 0 aliphatic carbocycles. The van der Waals surface area contributed by atoms with Crippen LogP contribution in [0.15, 0.2) is 24.3 Å². The van der Waals surface area contributed by atoms with Crippen LogP contribution in [-0.4, -0.2) is 23.2 Å². The Morgan fingerprint density at radius 1 is 1.50 bits per heavy atom. The van der Waals surface area contributed by atoms with Gasteiger partial charge in [-0.2, -0.15) is 0 Å². The maximum absolute atomic E-state index is 12.3. The van der Waals surface area contributed by atoms with Gasteiger partial charge in [-0.1, -0.05) is 13.0 Å². The van der Waals surface area contributed by atoms with Crippen LogP contribution in [0, 0.1) is 16.0 Å². The highest BCUT2D eigenvalue weighted by Gasteiger charge is 2.33. The topological polar surface area (TPSA) is 80.5 Å². The molecule has 6 heteroatoms. The highest BCUT2D eigenvalue weighted by Crippen LogP contribution is 2.28. The predicted octanol–water partition coefficient (Wildman–Crippen LogP) is 2.32. The van der Waals surface area contributed by atoms with Gasteiger partial charge in [-0.15, -0.1) is 0 Å². The molecule has 20 heavy (non-hydrogen) atoms. The van der Waals surface area contributed by atoms with Crippen LogP contribution in [0.5, 0.6) is 0 Å². The summed E-state index contributed by atoms with van der Waals surface area (Å²) in [6.07, 6.45) is 1.63. The van der Waals surface area contributed by atoms with Crippen LogP contribution >= 0.6 is 0 Å². The van der Waals surface area contributed by atoms with Crippen LogP contribution in [0.3, 0.4) is 0 Å². The number of anilines is 1. The zero-order chi connectivity index (χ0) is 14.7. The molecule has 1 unspecified atom stereocenters. The molecule has 1 atom stereocenters. The average molecular weight is 276 g/mol. The number of carbonyl (C=O) groups is 2. The third-order valence-electron chi connectivity index (χ3n) is 3.53. The number of non-ortho nitro benzene ring substituents is 1. The quantitative estimate of drug-likeness (QED) is 0.480. The molecule has 6 nitrogen and oxygen atoms in total. The number of nitro benzene ring substituents is 1. The van der Waals surface area contributed by atoms with Gasteiger partial charge in [-0.05, 0) is 18.9 Å². The van der Waals surface area contributed by atoms with Gasteiger partial charge in [0.1, 0.15) is 5.78 Å². The molecule has 1 heterocycles. The van der Waals surface area contributed by atoms with E-state index in [2.05, 4.69) is 0 Å².